The lowest BCUT2D eigenvalue weighted by molar-refractivity contribution is -0.0948. The van der Waals surface area contributed by atoms with Crippen molar-refractivity contribution in [3.05, 3.63) is 24.7 Å². The molecule has 0 saturated carbocycles. The summed E-state index contributed by atoms with van der Waals surface area (Å²) in [7, 11) is 0. The van der Waals surface area contributed by atoms with Crippen LogP contribution in [0, 0.1) is 0 Å². The van der Waals surface area contributed by atoms with Crippen LogP contribution in [0.3, 0.4) is 0 Å². The van der Waals surface area contributed by atoms with Crippen LogP contribution in [-0.4, -0.2) is 54.3 Å². The third-order valence-electron chi connectivity index (χ3n) is 4.08. The van der Waals surface area contributed by atoms with E-state index in [0.29, 0.717) is 16.6 Å². The summed E-state index contributed by atoms with van der Waals surface area (Å²) in [6, 6.07) is 0. The molecule has 0 aromatic carbocycles. The van der Waals surface area contributed by atoms with Crippen molar-refractivity contribution < 1.29 is 20.1 Å². The Balaban J connectivity index is 2.19. The van der Waals surface area contributed by atoms with Gasteiger partial charge in [0.05, 0.1) is 12.0 Å². The maximum atomic E-state index is 10.6. The molecule has 5 N–H and O–H groups in total. The Morgan fingerprint density at radius 3 is 2.86 bits per heavy atom. The van der Waals surface area contributed by atoms with E-state index in [0.717, 1.165) is 0 Å². The predicted molar refractivity (Wildman–Crippen MR) is 79.7 cm³/mol. The van der Waals surface area contributed by atoms with E-state index in [4.69, 9.17) is 10.5 Å². The molecule has 22 heavy (non-hydrogen) atoms. The highest BCUT2D eigenvalue weighted by atomic mass is 16.6. The molecule has 0 aliphatic carbocycles. The van der Waals surface area contributed by atoms with Crippen molar-refractivity contribution in [3.63, 3.8) is 0 Å². The molecule has 4 atom stereocenters. The van der Waals surface area contributed by atoms with Gasteiger partial charge < -0.3 is 30.4 Å². The minimum atomic E-state index is -1.60. The number of fused-ring (bicyclic) bond motifs is 1. The lowest BCUT2D eigenvalue weighted by Crippen LogP contribution is -2.44. The number of aromatic nitrogens is 3. The van der Waals surface area contributed by atoms with E-state index in [1.54, 1.807) is 16.8 Å². The summed E-state index contributed by atoms with van der Waals surface area (Å²) in [6.45, 7) is 4.77. The van der Waals surface area contributed by atoms with Crippen LogP contribution in [0.2, 0.25) is 0 Å². The fourth-order valence-electron chi connectivity index (χ4n) is 2.86. The van der Waals surface area contributed by atoms with Crippen molar-refractivity contribution in [1.82, 2.24) is 14.5 Å². The van der Waals surface area contributed by atoms with Crippen molar-refractivity contribution in [2.45, 2.75) is 31.0 Å². The third kappa shape index (κ3) is 1.92. The zero-order valence-electron chi connectivity index (χ0n) is 12.0. The van der Waals surface area contributed by atoms with Gasteiger partial charge in [0.1, 0.15) is 35.6 Å². The van der Waals surface area contributed by atoms with E-state index in [2.05, 4.69) is 16.5 Å². The number of nitrogens with zero attached hydrogens (tertiary/aromatic N) is 3. The van der Waals surface area contributed by atoms with Crippen molar-refractivity contribution in [1.29, 1.82) is 0 Å². The maximum absolute atomic E-state index is 10.6. The van der Waals surface area contributed by atoms with Gasteiger partial charge in [-0.05, 0) is 6.92 Å². The SMILES string of the molecule is C=Cc1cn([C@@H]2O[C@H](CO)[C@@H](O)[C@@]2(C)O)c2ncnc(N)c12. The Hall–Kier alpha value is -2.00. The fraction of sp³-hybridized carbons (Fsp3) is 0.429. The van der Waals surface area contributed by atoms with E-state index in [9.17, 15) is 15.3 Å². The molecule has 1 fully saturated rings. The fourth-order valence-corrected chi connectivity index (χ4v) is 2.86. The van der Waals surface area contributed by atoms with Crippen molar-refractivity contribution in [2.75, 3.05) is 12.3 Å². The van der Waals surface area contributed by atoms with Crippen LogP contribution in [0.25, 0.3) is 17.1 Å². The standard InChI is InChI=1S/C14H18N4O4/c1-3-7-4-18(12-9(7)11(15)16-6-17-12)13-14(2,21)10(20)8(5-19)22-13/h3-4,6,8,10,13,19-21H,1,5H2,2H3,(H2,15,16,17)/t8-,10-,13-,14-/m1/s1. The molecule has 0 unspecified atom stereocenters. The minimum absolute atomic E-state index is 0.288. The van der Waals surface area contributed by atoms with Crippen LogP contribution in [-0.2, 0) is 4.74 Å². The Labute approximate surface area is 126 Å². The highest BCUT2D eigenvalue weighted by molar-refractivity contribution is 5.94. The first kappa shape index (κ1) is 14.9. The molecule has 0 bridgehead atoms. The molecule has 8 nitrogen and oxygen atoms in total. The second-order valence-electron chi connectivity index (χ2n) is 5.53. The summed E-state index contributed by atoms with van der Waals surface area (Å²) in [4.78, 5) is 8.14. The molecular weight excluding hydrogens is 288 g/mol. The van der Waals surface area contributed by atoms with Crippen LogP contribution in [0.5, 0.6) is 0 Å². The van der Waals surface area contributed by atoms with E-state index in [1.165, 1.54) is 13.3 Å². The molecule has 0 radical (unpaired) electrons. The molecule has 8 heteroatoms. The number of nitrogens with two attached hydrogens (primary N) is 1. The number of aliphatic hydroxyl groups is 3. The first-order valence-electron chi connectivity index (χ1n) is 6.82. The molecular formula is C14H18N4O4. The predicted octanol–water partition coefficient (Wildman–Crippen LogP) is -0.342. The summed E-state index contributed by atoms with van der Waals surface area (Å²) in [5.74, 6) is 0.288. The number of hydrogen-bond donors (Lipinski definition) is 4. The summed E-state index contributed by atoms with van der Waals surface area (Å²) < 4.78 is 7.18. The molecule has 0 spiro atoms. The first-order chi connectivity index (χ1) is 10.4. The third-order valence-corrected chi connectivity index (χ3v) is 4.08. The van der Waals surface area contributed by atoms with Gasteiger partial charge in [0.25, 0.3) is 0 Å². The molecule has 1 aliphatic rings. The smallest absolute Gasteiger partial charge is 0.167 e. The average Bonchev–Trinajstić information content (AvgIpc) is 2.97. The van der Waals surface area contributed by atoms with Gasteiger partial charge >= 0.3 is 0 Å². The lowest BCUT2D eigenvalue weighted by Gasteiger charge is -2.27. The minimum Gasteiger partial charge on any atom is -0.394 e. The van der Waals surface area contributed by atoms with Gasteiger partial charge in [-0.1, -0.05) is 12.7 Å². The topological polar surface area (TPSA) is 127 Å². The zero-order valence-corrected chi connectivity index (χ0v) is 12.0. The molecule has 1 aliphatic heterocycles. The molecule has 2 aromatic rings. The normalized spacial score (nSPS) is 31.7. The van der Waals surface area contributed by atoms with Crippen molar-refractivity contribution in [2.24, 2.45) is 0 Å². The van der Waals surface area contributed by atoms with Crippen LogP contribution in [0.1, 0.15) is 18.7 Å². The number of hydrogen-bond acceptors (Lipinski definition) is 7. The second-order valence-corrected chi connectivity index (χ2v) is 5.53. The van der Waals surface area contributed by atoms with Gasteiger partial charge in [0.2, 0.25) is 0 Å². The average molecular weight is 306 g/mol. The molecule has 1 saturated heterocycles. The van der Waals surface area contributed by atoms with Gasteiger partial charge in [0, 0.05) is 11.8 Å². The van der Waals surface area contributed by atoms with E-state index >= 15 is 0 Å². The molecule has 2 aromatic heterocycles. The summed E-state index contributed by atoms with van der Waals surface area (Å²) >= 11 is 0. The first-order valence-corrected chi connectivity index (χ1v) is 6.82. The van der Waals surface area contributed by atoms with E-state index < -0.39 is 30.6 Å². The summed E-state index contributed by atoms with van der Waals surface area (Å²) in [6.07, 6.45) is 1.54. The highest BCUT2D eigenvalue weighted by Gasteiger charge is 2.53. The van der Waals surface area contributed by atoms with E-state index in [1.807, 2.05) is 0 Å². The van der Waals surface area contributed by atoms with Gasteiger partial charge in [-0.3, -0.25) is 0 Å². The quantitative estimate of drug-likeness (QED) is 0.611. The largest absolute Gasteiger partial charge is 0.394 e. The monoisotopic (exact) mass is 306 g/mol. The Kier molecular flexibility index (Phi) is 3.41. The van der Waals surface area contributed by atoms with Crippen LogP contribution >= 0.6 is 0 Å². The van der Waals surface area contributed by atoms with Gasteiger partial charge in [-0.15, -0.1) is 0 Å². The Bertz CT molecular complexity index is 727. The lowest BCUT2D eigenvalue weighted by atomic mass is 9.96. The zero-order chi connectivity index (χ0) is 16.1. The van der Waals surface area contributed by atoms with Gasteiger partial charge in [0.15, 0.2) is 6.23 Å². The molecule has 3 heterocycles. The molecule has 0 amide bonds. The van der Waals surface area contributed by atoms with Crippen molar-refractivity contribution in [3.8, 4) is 0 Å². The molecule has 118 valence electrons. The number of rotatable bonds is 3. The number of nitrogen functional groups attached to an aromatic ring is 1. The van der Waals surface area contributed by atoms with Crippen LogP contribution < -0.4 is 5.73 Å². The second kappa shape index (κ2) is 5.03. The van der Waals surface area contributed by atoms with Crippen molar-refractivity contribution >= 4 is 22.9 Å². The number of ether oxygens (including phenoxy) is 1. The Morgan fingerprint density at radius 1 is 1.55 bits per heavy atom. The van der Waals surface area contributed by atoms with Crippen LogP contribution in [0.15, 0.2) is 19.1 Å². The number of aliphatic hydroxyl groups excluding tert-OH is 2. The van der Waals surface area contributed by atoms with Crippen LogP contribution in [0.4, 0.5) is 5.82 Å². The Morgan fingerprint density at radius 2 is 2.27 bits per heavy atom. The highest BCUT2D eigenvalue weighted by Crippen LogP contribution is 2.40. The molecule has 3 rings (SSSR count). The van der Waals surface area contributed by atoms with E-state index in [-0.39, 0.29) is 5.82 Å². The number of anilines is 1. The van der Waals surface area contributed by atoms with Gasteiger partial charge in [-0.2, -0.15) is 0 Å². The summed E-state index contributed by atoms with van der Waals surface area (Å²) in [5.41, 5.74) is 5.43. The summed E-state index contributed by atoms with van der Waals surface area (Å²) in [5, 5.41) is 30.6. The van der Waals surface area contributed by atoms with Gasteiger partial charge in [-0.25, -0.2) is 9.97 Å². The maximum Gasteiger partial charge on any atom is 0.167 e.